The van der Waals surface area contributed by atoms with Gasteiger partial charge in [0.25, 0.3) is 0 Å². The molecule has 1 aliphatic heterocycles. The maximum Gasteiger partial charge on any atom is 0.246 e. The van der Waals surface area contributed by atoms with Gasteiger partial charge < -0.3 is 14.4 Å². The molecular formula is C18H23N5O3. The van der Waals surface area contributed by atoms with Gasteiger partial charge in [-0.1, -0.05) is 12.7 Å². The van der Waals surface area contributed by atoms with Crippen LogP contribution in [0.1, 0.15) is 13.8 Å². The van der Waals surface area contributed by atoms with E-state index in [4.69, 9.17) is 9.47 Å². The second kappa shape index (κ2) is 8.09. The summed E-state index contributed by atoms with van der Waals surface area (Å²) < 4.78 is 11.1. The Balaban J connectivity index is 1.62. The van der Waals surface area contributed by atoms with E-state index >= 15 is 0 Å². The van der Waals surface area contributed by atoms with E-state index in [0.29, 0.717) is 25.5 Å². The third-order valence-electron chi connectivity index (χ3n) is 3.98. The van der Waals surface area contributed by atoms with Crippen LogP contribution in [0.3, 0.4) is 0 Å². The SMILES string of the molecule is C=CCOc1ccc(-c2nnn(CC(=O)N3C[C@@H](C)O[C@@H](C)C3)n2)cc1. The minimum absolute atomic E-state index is 0.0313. The Morgan fingerprint density at radius 1 is 1.31 bits per heavy atom. The maximum atomic E-state index is 12.5. The number of nitrogens with zero attached hydrogens (tertiary/aromatic N) is 5. The van der Waals surface area contributed by atoms with E-state index in [1.807, 2.05) is 38.1 Å². The monoisotopic (exact) mass is 357 g/mol. The van der Waals surface area contributed by atoms with Crippen molar-refractivity contribution in [2.24, 2.45) is 0 Å². The van der Waals surface area contributed by atoms with Crippen LogP contribution < -0.4 is 4.74 Å². The molecule has 1 aromatic heterocycles. The first-order chi connectivity index (χ1) is 12.5. The molecule has 0 spiro atoms. The number of rotatable bonds is 6. The average molecular weight is 357 g/mol. The van der Waals surface area contributed by atoms with Crippen molar-refractivity contribution in [1.82, 2.24) is 25.1 Å². The second-order valence-electron chi connectivity index (χ2n) is 6.32. The van der Waals surface area contributed by atoms with Gasteiger partial charge in [0.15, 0.2) is 0 Å². The number of aromatic nitrogens is 4. The van der Waals surface area contributed by atoms with Crippen LogP contribution in [0.2, 0.25) is 0 Å². The lowest BCUT2D eigenvalue weighted by Crippen LogP contribution is -2.49. The van der Waals surface area contributed by atoms with Crippen molar-refractivity contribution in [2.45, 2.75) is 32.6 Å². The number of amides is 1. The highest BCUT2D eigenvalue weighted by Gasteiger charge is 2.26. The summed E-state index contributed by atoms with van der Waals surface area (Å²) in [7, 11) is 0. The van der Waals surface area contributed by atoms with Crippen molar-refractivity contribution < 1.29 is 14.3 Å². The highest BCUT2D eigenvalue weighted by Crippen LogP contribution is 2.19. The molecular weight excluding hydrogens is 334 g/mol. The smallest absolute Gasteiger partial charge is 0.246 e. The minimum atomic E-state index is -0.0378. The van der Waals surface area contributed by atoms with Gasteiger partial charge in [-0.3, -0.25) is 4.79 Å². The van der Waals surface area contributed by atoms with Crippen LogP contribution in [-0.4, -0.2) is 62.9 Å². The van der Waals surface area contributed by atoms with Gasteiger partial charge in [-0.2, -0.15) is 4.80 Å². The summed E-state index contributed by atoms with van der Waals surface area (Å²) in [5.74, 6) is 1.17. The largest absolute Gasteiger partial charge is 0.490 e. The Bertz CT molecular complexity index is 748. The molecule has 8 nitrogen and oxygen atoms in total. The normalized spacial score (nSPS) is 20.0. The Hall–Kier alpha value is -2.74. The standard InChI is InChI=1S/C18H23N5O3/c1-4-9-25-16-7-5-15(6-8-16)18-19-21-23(20-18)12-17(24)22-10-13(2)26-14(3)11-22/h4-8,13-14H,1,9-12H2,2-3H3/t13-,14+. The van der Waals surface area contributed by atoms with Crippen molar-refractivity contribution in [2.75, 3.05) is 19.7 Å². The first kappa shape index (κ1) is 18.1. The Morgan fingerprint density at radius 2 is 2.00 bits per heavy atom. The fraction of sp³-hybridized carbons (Fsp3) is 0.444. The molecule has 2 aromatic rings. The molecule has 0 unspecified atom stereocenters. The van der Waals surface area contributed by atoms with Gasteiger partial charge in [-0.25, -0.2) is 0 Å². The Morgan fingerprint density at radius 3 is 2.65 bits per heavy atom. The third kappa shape index (κ3) is 4.45. The summed E-state index contributed by atoms with van der Waals surface area (Å²) >= 11 is 0. The highest BCUT2D eigenvalue weighted by atomic mass is 16.5. The molecule has 26 heavy (non-hydrogen) atoms. The number of carbonyl (C=O) groups is 1. The number of tetrazole rings is 1. The molecule has 0 bridgehead atoms. The van der Waals surface area contributed by atoms with Gasteiger partial charge in [-0.05, 0) is 43.3 Å². The molecule has 2 heterocycles. The quantitative estimate of drug-likeness (QED) is 0.730. The highest BCUT2D eigenvalue weighted by molar-refractivity contribution is 5.76. The lowest BCUT2D eigenvalue weighted by Gasteiger charge is -2.35. The topological polar surface area (TPSA) is 82.4 Å². The first-order valence-corrected chi connectivity index (χ1v) is 8.60. The van der Waals surface area contributed by atoms with Crippen LogP contribution in [0.25, 0.3) is 11.4 Å². The average Bonchev–Trinajstić information content (AvgIpc) is 3.08. The van der Waals surface area contributed by atoms with Crippen LogP contribution >= 0.6 is 0 Å². The van der Waals surface area contributed by atoms with Crippen LogP contribution in [-0.2, 0) is 16.1 Å². The van der Waals surface area contributed by atoms with Gasteiger partial charge in [0.1, 0.15) is 18.9 Å². The predicted octanol–water partition coefficient (Wildman–Crippen LogP) is 1.54. The van der Waals surface area contributed by atoms with E-state index in [0.717, 1.165) is 11.3 Å². The van der Waals surface area contributed by atoms with Gasteiger partial charge in [-0.15, -0.1) is 10.2 Å². The summed E-state index contributed by atoms with van der Waals surface area (Å²) in [6, 6.07) is 7.38. The fourth-order valence-corrected chi connectivity index (χ4v) is 2.88. The molecule has 0 aliphatic carbocycles. The summed E-state index contributed by atoms with van der Waals surface area (Å²) in [5.41, 5.74) is 0.809. The van der Waals surface area contributed by atoms with E-state index in [9.17, 15) is 4.79 Å². The van der Waals surface area contributed by atoms with Crippen molar-refractivity contribution in [1.29, 1.82) is 0 Å². The number of benzene rings is 1. The van der Waals surface area contributed by atoms with Crippen molar-refractivity contribution in [3.05, 3.63) is 36.9 Å². The van der Waals surface area contributed by atoms with E-state index in [1.54, 1.807) is 11.0 Å². The zero-order chi connectivity index (χ0) is 18.5. The molecule has 138 valence electrons. The van der Waals surface area contributed by atoms with E-state index in [1.165, 1.54) is 4.80 Å². The molecule has 0 N–H and O–H groups in total. The van der Waals surface area contributed by atoms with Crippen LogP contribution in [0.5, 0.6) is 5.75 Å². The molecule has 1 fully saturated rings. The molecule has 1 saturated heterocycles. The Kier molecular flexibility index (Phi) is 5.62. The van der Waals surface area contributed by atoms with E-state index in [-0.39, 0.29) is 24.7 Å². The zero-order valence-corrected chi connectivity index (χ0v) is 15.0. The predicted molar refractivity (Wildman–Crippen MR) is 95.5 cm³/mol. The van der Waals surface area contributed by atoms with E-state index < -0.39 is 0 Å². The number of ether oxygens (including phenoxy) is 2. The van der Waals surface area contributed by atoms with Crippen molar-refractivity contribution in [3.63, 3.8) is 0 Å². The van der Waals surface area contributed by atoms with Gasteiger partial charge >= 0.3 is 0 Å². The lowest BCUT2D eigenvalue weighted by atomic mass is 10.2. The van der Waals surface area contributed by atoms with Crippen molar-refractivity contribution in [3.8, 4) is 17.1 Å². The fourth-order valence-electron chi connectivity index (χ4n) is 2.88. The number of carbonyl (C=O) groups excluding carboxylic acids is 1. The zero-order valence-electron chi connectivity index (χ0n) is 15.0. The van der Waals surface area contributed by atoms with Gasteiger partial charge in [0.05, 0.1) is 12.2 Å². The maximum absolute atomic E-state index is 12.5. The number of hydrogen-bond acceptors (Lipinski definition) is 6. The third-order valence-corrected chi connectivity index (χ3v) is 3.98. The van der Waals surface area contributed by atoms with Crippen molar-refractivity contribution >= 4 is 5.91 Å². The van der Waals surface area contributed by atoms with Crippen LogP contribution in [0, 0.1) is 0 Å². The molecule has 3 rings (SSSR count). The molecule has 1 aromatic carbocycles. The summed E-state index contributed by atoms with van der Waals surface area (Å²) in [6.45, 7) is 9.22. The Labute approximate surface area is 152 Å². The lowest BCUT2D eigenvalue weighted by molar-refractivity contribution is -0.144. The summed E-state index contributed by atoms with van der Waals surface area (Å²) in [4.78, 5) is 15.6. The molecule has 8 heteroatoms. The molecule has 1 aliphatic rings. The minimum Gasteiger partial charge on any atom is -0.490 e. The molecule has 0 radical (unpaired) electrons. The first-order valence-electron chi connectivity index (χ1n) is 8.60. The number of morpholine rings is 1. The second-order valence-corrected chi connectivity index (χ2v) is 6.32. The summed E-state index contributed by atoms with van der Waals surface area (Å²) in [5, 5.41) is 12.3. The molecule has 1 amide bonds. The van der Waals surface area contributed by atoms with Crippen LogP contribution in [0.15, 0.2) is 36.9 Å². The van der Waals surface area contributed by atoms with Gasteiger partial charge in [0, 0.05) is 18.7 Å². The molecule has 2 atom stereocenters. The van der Waals surface area contributed by atoms with Gasteiger partial charge in [0.2, 0.25) is 11.7 Å². The summed E-state index contributed by atoms with van der Waals surface area (Å²) in [6.07, 6.45) is 1.75. The van der Waals surface area contributed by atoms with Crippen LogP contribution in [0.4, 0.5) is 0 Å². The number of hydrogen-bond donors (Lipinski definition) is 0. The molecule has 0 saturated carbocycles. The van der Waals surface area contributed by atoms with E-state index in [2.05, 4.69) is 22.0 Å².